The van der Waals surface area contributed by atoms with Crippen molar-refractivity contribution >= 4 is 23.3 Å². The summed E-state index contributed by atoms with van der Waals surface area (Å²) in [5.74, 6) is 1.45. The summed E-state index contributed by atoms with van der Waals surface area (Å²) in [4.78, 5) is 17.8. The van der Waals surface area contributed by atoms with Crippen LogP contribution in [-0.2, 0) is 11.3 Å². The second-order valence-corrected chi connectivity index (χ2v) is 6.36. The van der Waals surface area contributed by atoms with Crippen molar-refractivity contribution in [3.8, 4) is 0 Å². The van der Waals surface area contributed by atoms with Crippen LogP contribution < -0.4 is 10.2 Å². The molecule has 1 aromatic heterocycles. The molecule has 120 valence electrons. The molecule has 1 aliphatic heterocycles. The van der Waals surface area contributed by atoms with E-state index in [0.29, 0.717) is 12.5 Å². The van der Waals surface area contributed by atoms with Gasteiger partial charge in [0, 0.05) is 43.7 Å². The third-order valence-electron chi connectivity index (χ3n) is 4.18. The van der Waals surface area contributed by atoms with Crippen LogP contribution in [0.15, 0.2) is 42.6 Å². The maximum absolute atomic E-state index is 10.9. The van der Waals surface area contributed by atoms with Crippen LogP contribution in [0.3, 0.4) is 0 Å². The zero-order valence-corrected chi connectivity index (χ0v) is 13.9. The van der Waals surface area contributed by atoms with E-state index in [1.807, 2.05) is 30.5 Å². The van der Waals surface area contributed by atoms with E-state index in [2.05, 4.69) is 27.3 Å². The Labute approximate surface area is 141 Å². The van der Waals surface area contributed by atoms with E-state index >= 15 is 0 Å². The SMILES string of the molecule is CC(=O)NCc1ccc(N2CCC(c3cccc(Cl)c3)C2)nc1. The summed E-state index contributed by atoms with van der Waals surface area (Å²) in [7, 11) is 0. The van der Waals surface area contributed by atoms with E-state index in [9.17, 15) is 4.79 Å². The fourth-order valence-corrected chi connectivity index (χ4v) is 3.13. The third-order valence-corrected chi connectivity index (χ3v) is 4.42. The maximum Gasteiger partial charge on any atom is 0.217 e. The molecule has 1 saturated heterocycles. The standard InChI is InChI=1S/C18H20ClN3O/c1-13(23)20-10-14-5-6-18(21-11-14)22-8-7-16(12-22)15-3-2-4-17(19)9-15/h2-6,9,11,16H,7-8,10,12H2,1H3,(H,20,23). The number of amides is 1. The molecule has 1 atom stereocenters. The van der Waals surface area contributed by atoms with Crippen molar-refractivity contribution in [1.82, 2.24) is 10.3 Å². The molecule has 1 aliphatic rings. The number of carbonyl (C=O) groups is 1. The van der Waals surface area contributed by atoms with E-state index in [1.54, 1.807) is 0 Å². The van der Waals surface area contributed by atoms with E-state index in [4.69, 9.17) is 11.6 Å². The van der Waals surface area contributed by atoms with Gasteiger partial charge < -0.3 is 10.2 Å². The summed E-state index contributed by atoms with van der Waals surface area (Å²) < 4.78 is 0. The van der Waals surface area contributed by atoms with Crippen LogP contribution in [0, 0.1) is 0 Å². The van der Waals surface area contributed by atoms with Crippen molar-refractivity contribution in [3.63, 3.8) is 0 Å². The molecule has 1 amide bonds. The predicted molar refractivity (Wildman–Crippen MR) is 92.8 cm³/mol. The highest BCUT2D eigenvalue weighted by Crippen LogP contribution is 2.31. The van der Waals surface area contributed by atoms with Gasteiger partial charge in [-0.15, -0.1) is 0 Å². The van der Waals surface area contributed by atoms with Gasteiger partial charge in [0.15, 0.2) is 0 Å². The summed E-state index contributed by atoms with van der Waals surface area (Å²) in [6.45, 7) is 3.99. The van der Waals surface area contributed by atoms with Crippen molar-refractivity contribution < 1.29 is 4.79 Å². The van der Waals surface area contributed by atoms with Gasteiger partial charge in [0.25, 0.3) is 0 Å². The molecule has 5 heteroatoms. The molecule has 1 N–H and O–H groups in total. The molecular weight excluding hydrogens is 310 g/mol. The summed E-state index contributed by atoms with van der Waals surface area (Å²) in [6, 6.07) is 12.2. The number of pyridine rings is 1. The van der Waals surface area contributed by atoms with Crippen LogP contribution in [0.2, 0.25) is 5.02 Å². The van der Waals surface area contributed by atoms with Gasteiger partial charge in [0.05, 0.1) is 0 Å². The van der Waals surface area contributed by atoms with Crippen LogP contribution in [0.4, 0.5) is 5.82 Å². The third kappa shape index (κ3) is 4.02. The Bertz CT molecular complexity index is 687. The second kappa shape index (κ2) is 7.01. The van der Waals surface area contributed by atoms with Crippen LogP contribution in [-0.4, -0.2) is 24.0 Å². The van der Waals surface area contributed by atoms with E-state index in [-0.39, 0.29) is 5.91 Å². The minimum Gasteiger partial charge on any atom is -0.356 e. The zero-order valence-electron chi connectivity index (χ0n) is 13.1. The minimum absolute atomic E-state index is 0.0296. The molecule has 23 heavy (non-hydrogen) atoms. The quantitative estimate of drug-likeness (QED) is 0.935. The second-order valence-electron chi connectivity index (χ2n) is 5.92. The molecule has 0 bridgehead atoms. The predicted octanol–water partition coefficient (Wildman–Crippen LogP) is 3.37. The van der Waals surface area contributed by atoms with E-state index < -0.39 is 0 Å². The zero-order chi connectivity index (χ0) is 16.2. The molecule has 4 nitrogen and oxygen atoms in total. The number of hydrogen-bond donors (Lipinski definition) is 1. The lowest BCUT2D eigenvalue weighted by Gasteiger charge is -2.18. The Kier molecular flexibility index (Phi) is 4.82. The fraction of sp³-hybridized carbons (Fsp3) is 0.333. The summed E-state index contributed by atoms with van der Waals surface area (Å²) in [5.41, 5.74) is 2.30. The largest absolute Gasteiger partial charge is 0.356 e. The van der Waals surface area contributed by atoms with Crippen LogP contribution in [0.5, 0.6) is 0 Å². The number of benzene rings is 1. The fourth-order valence-electron chi connectivity index (χ4n) is 2.94. The first-order valence-electron chi connectivity index (χ1n) is 7.81. The van der Waals surface area contributed by atoms with Crippen molar-refractivity contribution in [3.05, 3.63) is 58.7 Å². The van der Waals surface area contributed by atoms with Crippen LogP contribution in [0.1, 0.15) is 30.4 Å². The van der Waals surface area contributed by atoms with Crippen molar-refractivity contribution in [2.45, 2.75) is 25.8 Å². The average molecular weight is 330 g/mol. The molecule has 1 aromatic carbocycles. The smallest absolute Gasteiger partial charge is 0.217 e. The highest BCUT2D eigenvalue weighted by molar-refractivity contribution is 6.30. The topological polar surface area (TPSA) is 45.2 Å². The lowest BCUT2D eigenvalue weighted by Crippen LogP contribution is -2.21. The summed E-state index contributed by atoms with van der Waals surface area (Å²) >= 11 is 6.09. The van der Waals surface area contributed by atoms with Crippen LogP contribution in [0.25, 0.3) is 0 Å². The first kappa shape index (κ1) is 15.8. The monoisotopic (exact) mass is 329 g/mol. The van der Waals surface area contributed by atoms with Crippen molar-refractivity contribution in [2.24, 2.45) is 0 Å². The molecule has 1 fully saturated rings. The lowest BCUT2D eigenvalue weighted by atomic mass is 9.99. The Morgan fingerprint density at radius 3 is 2.96 bits per heavy atom. The highest BCUT2D eigenvalue weighted by Gasteiger charge is 2.24. The molecule has 2 heterocycles. The van der Waals surface area contributed by atoms with Gasteiger partial charge in [-0.3, -0.25) is 4.79 Å². The molecule has 0 saturated carbocycles. The van der Waals surface area contributed by atoms with Gasteiger partial charge >= 0.3 is 0 Å². The van der Waals surface area contributed by atoms with E-state index in [0.717, 1.165) is 35.9 Å². The summed E-state index contributed by atoms with van der Waals surface area (Å²) in [5, 5.41) is 3.57. The van der Waals surface area contributed by atoms with Gasteiger partial charge in [0.2, 0.25) is 5.91 Å². The molecule has 2 aromatic rings. The maximum atomic E-state index is 10.9. The Morgan fingerprint density at radius 2 is 2.26 bits per heavy atom. The number of carbonyl (C=O) groups excluding carboxylic acids is 1. The van der Waals surface area contributed by atoms with Crippen LogP contribution >= 0.6 is 11.6 Å². The number of nitrogens with one attached hydrogen (secondary N) is 1. The molecule has 0 spiro atoms. The number of anilines is 1. The molecule has 0 aliphatic carbocycles. The van der Waals surface area contributed by atoms with Gasteiger partial charge in [-0.2, -0.15) is 0 Å². The van der Waals surface area contributed by atoms with E-state index in [1.165, 1.54) is 12.5 Å². The van der Waals surface area contributed by atoms with Gasteiger partial charge in [-0.05, 0) is 35.7 Å². The molecule has 1 unspecified atom stereocenters. The van der Waals surface area contributed by atoms with Crippen molar-refractivity contribution in [2.75, 3.05) is 18.0 Å². The number of hydrogen-bond acceptors (Lipinski definition) is 3. The normalized spacial score (nSPS) is 17.3. The average Bonchev–Trinajstić information content (AvgIpc) is 3.03. The first-order valence-corrected chi connectivity index (χ1v) is 8.19. The number of nitrogens with zero attached hydrogens (tertiary/aromatic N) is 2. The van der Waals surface area contributed by atoms with Crippen molar-refractivity contribution in [1.29, 1.82) is 0 Å². The number of halogens is 1. The molecular formula is C18H20ClN3O. The minimum atomic E-state index is -0.0296. The highest BCUT2D eigenvalue weighted by atomic mass is 35.5. The number of rotatable bonds is 4. The van der Waals surface area contributed by atoms with Gasteiger partial charge in [-0.1, -0.05) is 29.8 Å². The van der Waals surface area contributed by atoms with Gasteiger partial charge in [-0.25, -0.2) is 4.98 Å². The molecule has 3 rings (SSSR count). The summed E-state index contributed by atoms with van der Waals surface area (Å²) in [6.07, 6.45) is 2.94. The lowest BCUT2D eigenvalue weighted by molar-refractivity contribution is -0.119. The Morgan fingerprint density at radius 1 is 1.39 bits per heavy atom. The van der Waals surface area contributed by atoms with Gasteiger partial charge in [0.1, 0.15) is 5.82 Å². The molecule has 0 radical (unpaired) electrons. The number of aromatic nitrogens is 1. The first-order chi connectivity index (χ1) is 11.1. The Hall–Kier alpha value is -2.07. The Balaban J connectivity index is 1.63.